The molecule has 0 radical (unpaired) electrons. The van der Waals surface area contributed by atoms with Gasteiger partial charge in [-0.3, -0.25) is 10.4 Å². The van der Waals surface area contributed by atoms with Gasteiger partial charge in [0.25, 0.3) is 0 Å². The highest BCUT2D eigenvalue weighted by Crippen LogP contribution is 2.35. The van der Waals surface area contributed by atoms with Crippen LogP contribution in [0.2, 0.25) is 0 Å². The van der Waals surface area contributed by atoms with Crippen LogP contribution < -0.4 is 15.4 Å². The molecule has 0 aliphatic carbocycles. The average Bonchev–Trinajstić information content (AvgIpc) is 3.07. The van der Waals surface area contributed by atoms with E-state index in [2.05, 4.69) is 52.7 Å². The lowest BCUT2D eigenvalue weighted by Gasteiger charge is -2.16. The summed E-state index contributed by atoms with van der Waals surface area (Å²) in [5.74, 6) is 1.99. The highest BCUT2D eigenvalue weighted by Gasteiger charge is 2.29. The SMILES string of the molecule is CCCc1nc(NC(=O)NCc2ccc3c(c2)CC(C)(C)O3)n[nH]1. The third-order valence-electron chi connectivity index (χ3n) is 3.82. The van der Waals surface area contributed by atoms with E-state index in [1.807, 2.05) is 12.1 Å². The number of amides is 2. The van der Waals surface area contributed by atoms with Crippen molar-refractivity contribution >= 4 is 12.0 Å². The summed E-state index contributed by atoms with van der Waals surface area (Å²) in [5.41, 5.74) is 2.05. The first-order chi connectivity index (χ1) is 11.4. The average molecular weight is 329 g/mol. The zero-order chi connectivity index (χ0) is 17.2. The molecule has 0 spiro atoms. The number of hydrogen-bond donors (Lipinski definition) is 3. The molecule has 1 aliphatic heterocycles. The summed E-state index contributed by atoms with van der Waals surface area (Å²) in [7, 11) is 0. The minimum Gasteiger partial charge on any atom is -0.487 e. The summed E-state index contributed by atoms with van der Waals surface area (Å²) in [5, 5.41) is 12.2. The first-order valence-corrected chi connectivity index (χ1v) is 8.22. The number of hydrogen-bond acceptors (Lipinski definition) is 4. The van der Waals surface area contributed by atoms with E-state index in [4.69, 9.17) is 4.74 Å². The van der Waals surface area contributed by atoms with E-state index in [-0.39, 0.29) is 11.6 Å². The largest absolute Gasteiger partial charge is 0.487 e. The van der Waals surface area contributed by atoms with Crippen molar-refractivity contribution < 1.29 is 9.53 Å². The number of nitrogens with zero attached hydrogens (tertiary/aromatic N) is 2. The molecule has 128 valence electrons. The number of carbonyl (C=O) groups excluding carboxylic acids is 1. The van der Waals surface area contributed by atoms with Crippen molar-refractivity contribution in [3.8, 4) is 5.75 Å². The number of aromatic amines is 1. The van der Waals surface area contributed by atoms with Crippen molar-refractivity contribution in [2.45, 2.75) is 52.2 Å². The molecule has 0 atom stereocenters. The van der Waals surface area contributed by atoms with E-state index in [9.17, 15) is 4.79 Å². The number of rotatable bonds is 5. The number of H-pyrrole nitrogens is 1. The highest BCUT2D eigenvalue weighted by molar-refractivity contribution is 5.87. The van der Waals surface area contributed by atoms with Crippen LogP contribution in [0.5, 0.6) is 5.75 Å². The van der Waals surface area contributed by atoms with Crippen molar-refractivity contribution in [1.82, 2.24) is 20.5 Å². The molecule has 2 amide bonds. The summed E-state index contributed by atoms with van der Waals surface area (Å²) < 4.78 is 5.86. The van der Waals surface area contributed by atoms with Gasteiger partial charge in [-0.05, 0) is 37.5 Å². The molecule has 1 aliphatic rings. The first-order valence-electron chi connectivity index (χ1n) is 8.22. The fraction of sp³-hybridized carbons (Fsp3) is 0.471. The molecule has 3 rings (SSSR count). The Morgan fingerprint density at radius 2 is 2.25 bits per heavy atom. The fourth-order valence-electron chi connectivity index (χ4n) is 2.80. The van der Waals surface area contributed by atoms with Crippen molar-refractivity contribution in [2.24, 2.45) is 0 Å². The zero-order valence-electron chi connectivity index (χ0n) is 14.3. The molecule has 0 saturated heterocycles. The van der Waals surface area contributed by atoms with Gasteiger partial charge in [0.15, 0.2) is 0 Å². The molecule has 1 aromatic heterocycles. The Morgan fingerprint density at radius 1 is 1.42 bits per heavy atom. The molecule has 24 heavy (non-hydrogen) atoms. The Bertz CT molecular complexity index is 738. The number of fused-ring (bicyclic) bond motifs is 1. The van der Waals surface area contributed by atoms with Crippen LogP contribution in [0.3, 0.4) is 0 Å². The second-order valence-electron chi connectivity index (χ2n) is 6.64. The molecule has 1 aromatic carbocycles. The van der Waals surface area contributed by atoms with Gasteiger partial charge in [0.1, 0.15) is 17.2 Å². The van der Waals surface area contributed by atoms with Crippen LogP contribution in [-0.4, -0.2) is 26.8 Å². The van der Waals surface area contributed by atoms with E-state index >= 15 is 0 Å². The maximum Gasteiger partial charge on any atom is 0.321 e. The van der Waals surface area contributed by atoms with Gasteiger partial charge >= 0.3 is 6.03 Å². The number of aromatic nitrogens is 3. The smallest absolute Gasteiger partial charge is 0.321 e. The van der Waals surface area contributed by atoms with Crippen LogP contribution in [0.4, 0.5) is 10.7 Å². The molecule has 2 aromatic rings. The molecule has 0 saturated carbocycles. The van der Waals surface area contributed by atoms with E-state index in [0.717, 1.165) is 36.4 Å². The predicted octanol–water partition coefficient (Wildman–Crippen LogP) is 2.79. The maximum absolute atomic E-state index is 11.9. The Labute approximate surface area is 141 Å². The van der Waals surface area contributed by atoms with Crippen LogP contribution >= 0.6 is 0 Å². The number of urea groups is 1. The van der Waals surface area contributed by atoms with Crippen LogP contribution in [0.15, 0.2) is 18.2 Å². The Balaban J connectivity index is 1.53. The van der Waals surface area contributed by atoms with Crippen molar-refractivity contribution in [3.63, 3.8) is 0 Å². The molecule has 7 heteroatoms. The van der Waals surface area contributed by atoms with Crippen LogP contribution in [-0.2, 0) is 19.4 Å². The summed E-state index contributed by atoms with van der Waals surface area (Å²) in [6.45, 7) is 6.64. The van der Waals surface area contributed by atoms with Crippen LogP contribution in [0.25, 0.3) is 0 Å². The van der Waals surface area contributed by atoms with Crippen molar-refractivity contribution in [2.75, 3.05) is 5.32 Å². The van der Waals surface area contributed by atoms with Gasteiger partial charge in [-0.15, -0.1) is 5.10 Å². The van der Waals surface area contributed by atoms with Crippen molar-refractivity contribution in [3.05, 3.63) is 35.2 Å². The number of benzene rings is 1. The molecule has 0 fully saturated rings. The maximum atomic E-state index is 11.9. The number of aryl methyl sites for hydroxylation is 1. The van der Waals surface area contributed by atoms with Crippen LogP contribution in [0.1, 0.15) is 44.1 Å². The zero-order valence-corrected chi connectivity index (χ0v) is 14.3. The Morgan fingerprint density at radius 3 is 3.04 bits per heavy atom. The Hall–Kier alpha value is -2.57. The number of anilines is 1. The topological polar surface area (TPSA) is 91.9 Å². The quantitative estimate of drug-likeness (QED) is 0.786. The summed E-state index contributed by atoms with van der Waals surface area (Å²) in [6, 6.07) is 5.68. The molecular formula is C17H23N5O2. The second-order valence-corrected chi connectivity index (χ2v) is 6.64. The van der Waals surface area contributed by atoms with Gasteiger partial charge in [0.2, 0.25) is 5.95 Å². The molecule has 2 heterocycles. The van der Waals surface area contributed by atoms with Gasteiger partial charge in [0, 0.05) is 19.4 Å². The second kappa shape index (κ2) is 6.51. The lowest BCUT2D eigenvalue weighted by molar-refractivity contribution is 0.138. The molecule has 0 unspecified atom stereocenters. The minimum atomic E-state index is -0.325. The lowest BCUT2D eigenvalue weighted by Crippen LogP contribution is -2.28. The Kier molecular flexibility index (Phi) is 4.42. The van der Waals surface area contributed by atoms with Gasteiger partial charge in [0.05, 0.1) is 0 Å². The van der Waals surface area contributed by atoms with Gasteiger partial charge in [-0.25, -0.2) is 4.79 Å². The summed E-state index contributed by atoms with van der Waals surface area (Å²) in [4.78, 5) is 16.2. The number of carbonyl (C=O) groups is 1. The molecule has 7 nitrogen and oxygen atoms in total. The predicted molar refractivity (Wildman–Crippen MR) is 91.1 cm³/mol. The van der Waals surface area contributed by atoms with E-state index < -0.39 is 0 Å². The van der Waals surface area contributed by atoms with E-state index in [1.54, 1.807) is 0 Å². The molecule has 3 N–H and O–H groups in total. The number of ether oxygens (including phenoxy) is 1. The standard InChI is InChI=1S/C17H23N5O2/c1-4-5-14-19-15(22-21-14)20-16(23)18-10-11-6-7-13-12(8-11)9-17(2,3)24-13/h6-8H,4-5,9-10H2,1-3H3,(H3,18,19,20,21,22,23). The highest BCUT2D eigenvalue weighted by atomic mass is 16.5. The number of nitrogens with one attached hydrogen (secondary N) is 3. The van der Waals surface area contributed by atoms with Gasteiger partial charge in [-0.2, -0.15) is 4.98 Å². The van der Waals surface area contributed by atoms with Gasteiger partial charge in [-0.1, -0.05) is 19.1 Å². The lowest BCUT2D eigenvalue weighted by atomic mass is 10.0. The van der Waals surface area contributed by atoms with Gasteiger partial charge < -0.3 is 10.1 Å². The minimum absolute atomic E-state index is 0.159. The van der Waals surface area contributed by atoms with Crippen LogP contribution in [0, 0.1) is 0 Å². The first kappa shape index (κ1) is 16.3. The van der Waals surface area contributed by atoms with E-state index in [0.29, 0.717) is 12.5 Å². The summed E-state index contributed by atoms with van der Waals surface area (Å²) >= 11 is 0. The van der Waals surface area contributed by atoms with Crippen molar-refractivity contribution in [1.29, 1.82) is 0 Å². The summed E-state index contributed by atoms with van der Waals surface area (Å²) in [6.07, 6.45) is 2.66. The molecule has 0 bridgehead atoms. The fourth-order valence-corrected chi connectivity index (χ4v) is 2.80. The third-order valence-corrected chi connectivity index (χ3v) is 3.82. The monoisotopic (exact) mass is 329 g/mol. The third kappa shape index (κ3) is 3.84. The molecular weight excluding hydrogens is 306 g/mol. The van der Waals surface area contributed by atoms with E-state index in [1.165, 1.54) is 5.56 Å². The normalized spacial score (nSPS) is 14.8.